The minimum atomic E-state index is -1.55. The van der Waals surface area contributed by atoms with Crippen molar-refractivity contribution in [3.05, 3.63) is 58.7 Å². The topological polar surface area (TPSA) is 26.3 Å². The summed E-state index contributed by atoms with van der Waals surface area (Å²) >= 11 is 0. The molecular formula is C29H34F4O2. The summed E-state index contributed by atoms with van der Waals surface area (Å²) in [6, 6.07) is 5.06. The first kappa shape index (κ1) is 25.7. The highest BCUT2D eigenvalue weighted by molar-refractivity contribution is 5.69. The molecule has 0 aromatic heterocycles. The number of carbonyl (C=O) groups excluding carboxylic acids is 1. The van der Waals surface area contributed by atoms with Gasteiger partial charge in [-0.15, -0.1) is 0 Å². The van der Waals surface area contributed by atoms with Crippen molar-refractivity contribution in [2.24, 2.45) is 11.8 Å². The van der Waals surface area contributed by atoms with Crippen LogP contribution in [0.25, 0.3) is 11.1 Å². The van der Waals surface area contributed by atoms with Crippen molar-refractivity contribution in [3.8, 4) is 11.1 Å². The second-order valence-electron chi connectivity index (χ2n) is 10.2. The predicted octanol–water partition coefficient (Wildman–Crippen LogP) is 8.09. The SMILES string of the molecule is CCCCCCC(=O)OC1CCC(C2CCc3c(ccc(-c4cc(F)c(F)c(F)c4)c3F)C2)CC1. The van der Waals surface area contributed by atoms with Crippen molar-refractivity contribution >= 4 is 5.97 Å². The Morgan fingerprint density at radius 3 is 2.29 bits per heavy atom. The fraction of sp³-hybridized carbons (Fsp3) is 0.552. The number of hydrogen-bond donors (Lipinski definition) is 0. The largest absolute Gasteiger partial charge is 0.462 e. The first-order valence-corrected chi connectivity index (χ1v) is 13.0. The fourth-order valence-corrected chi connectivity index (χ4v) is 5.79. The van der Waals surface area contributed by atoms with E-state index in [4.69, 9.17) is 4.74 Å². The number of ether oxygens (including phenoxy) is 1. The Hall–Kier alpha value is -2.37. The van der Waals surface area contributed by atoms with E-state index in [1.165, 1.54) is 0 Å². The van der Waals surface area contributed by atoms with Gasteiger partial charge in [0.25, 0.3) is 0 Å². The number of hydrogen-bond acceptors (Lipinski definition) is 2. The van der Waals surface area contributed by atoms with E-state index in [0.29, 0.717) is 30.2 Å². The van der Waals surface area contributed by atoms with E-state index in [2.05, 4.69) is 6.92 Å². The lowest BCUT2D eigenvalue weighted by Crippen LogP contribution is -2.30. The molecule has 0 amide bonds. The number of esters is 1. The summed E-state index contributed by atoms with van der Waals surface area (Å²) in [5, 5.41) is 0. The van der Waals surface area contributed by atoms with Crippen molar-refractivity contribution in [3.63, 3.8) is 0 Å². The highest BCUT2D eigenvalue weighted by Gasteiger charge is 2.32. The minimum Gasteiger partial charge on any atom is -0.462 e. The Kier molecular flexibility index (Phi) is 8.51. The normalized spacial score (nSPS) is 22.0. The van der Waals surface area contributed by atoms with Gasteiger partial charge in [-0.1, -0.05) is 38.3 Å². The van der Waals surface area contributed by atoms with Crippen LogP contribution in [0.2, 0.25) is 0 Å². The molecule has 1 unspecified atom stereocenters. The quantitative estimate of drug-likeness (QED) is 0.162. The van der Waals surface area contributed by atoms with Crippen molar-refractivity contribution in [2.75, 3.05) is 0 Å². The van der Waals surface area contributed by atoms with Crippen LogP contribution in [0.5, 0.6) is 0 Å². The molecule has 0 radical (unpaired) electrons. The molecular weight excluding hydrogens is 456 g/mol. The van der Waals surface area contributed by atoms with Gasteiger partial charge in [-0.05, 0) is 92.0 Å². The fourth-order valence-electron chi connectivity index (χ4n) is 5.79. The lowest BCUT2D eigenvalue weighted by molar-refractivity contribution is -0.151. The average Bonchev–Trinajstić information content (AvgIpc) is 2.85. The van der Waals surface area contributed by atoms with Gasteiger partial charge in [-0.2, -0.15) is 0 Å². The third-order valence-electron chi connectivity index (χ3n) is 7.80. The van der Waals surface area contributed by atoms with Gasteiger partial charge in [0.2, 0.25) is 0 Å². The molecule has 2 nitrogen and oxygen atoms in total. The molecule has 0 bridgehead atoms. The lowest BCUT2D eigenvalue weighted by atomic mass is 9.71. The highest BCUT2D eigenvalue weighted by Crippen LogP contribution is 2.41. The van der Waals surface area contributed by atoms with Crippen LogP contribution >= 0.6 is 0 Å². The summed E-state index contributed by atoms with van der Waals surface area (Å²) in [5.41, 5.74) is 1.62. The second-order valence-corrected chi connectivity index (χ2v) is 10.2. The van der Waals surface area contributed by atoms with E-state index < -0.39 is 23.3 Å². The van der Waals surface area contributed by atoms with E-state index in [-0.39, 0.29) is 23.2 Å². The molecule has 2 aromatic carbocycles. The van der Waals surface area contributed by atoms with Gasteiger partial charge in [0.15, 0.2) is 17.5 Å². The van der Waals surface area contributed by atoms with Gasteiger partial charge < -0.3 is 4.74 Å². The second kappa shape index (κ2) is 11.6. The number of unbranched alkanes of at least 4 members (excludes halogenated alkanes) is 3. The molecule has 190 valence electrons. The zero-order valence-electron chi connectivity index (χ0n) is 20.4. The summed E-state index contributed by atoms with van der Waals surface area (Å²) < 4.78 is 61.6. The van der Waals surface area contributed by atoms with Crippen LogP contribution in [0.15, 0.2) is 24.3 Å². The molecule has 0 heterocycles. The Bertz CT molecular complexity index is 1020. The lowest BCUT2D eigenvalue weighted by Gasteiger charge is -2.36. The van der Waals surface area contributed by atoms with E-state index >= 15 is 4.39 Å². The van der Waals surface area contributed by atoms with Crippen LogP contribution in [-0.4, -0.2) is 12.1 Å². The van der Waals surface area contributed by atoms with Crippen LogP contribution in [0.3, 0.4) is 0 Å². The third-order valence-corrected chi connectivity index (χ3v) is 7.80. The van der Waals surface area contributed by atoms with Crippen molar-refractivity contribution in [1.82, 2.24) is 0 Å². The Balaban J connectivity index is 1.33. The number of benzene rings is 2. The van der Waals surface area contributed by atoms with Gasteiger partial charge in [0.05, 0.1) is 0 Å². The summed E-state index contributed by atoms with van der Waals surface area (Å²) in [4.78, 5) is 12.1. The van der Waals surface area contributed by atoms with Crippen molar-refractivity contribution in [2.45, 2.75) is 90.1 Å². The maximum atomic E-state index is 15.3. The Morgan fingerprint density at radius 2 is 1.60 bits per heavy atom. The Morgan fingerprint density at radius 1 is 0.886 bits per heavy atom. The molecule has 2 aliphatic carbocycles. The molecule has 6 heteroatoms. The maximum absolute atomic E-state index is 15.3. The van der Waals surface area contributed by atoms with Gasteiger partial charge in [-0.25, -0.2) is 17.6 Å². The first-order chi connectivity index (χ1) is 16.9. The highest BCUT2D eigenvalue weighted by atomic mass is 19.2. The molecule has 1 fully saturated rings. The Labute approximate surface area is 205 Å². The average molecular weight is 491 g/mol. The minimum absolute atomic E-state index is 0.00190. The number of halogens is 4. The van der Waals surface area contributed by atoms with Gasteiger partial charge in [-0.3, -0.25) is 4.79 Å². The molecule has 4 rings (SSSR count). The predicted molar refractivity (Wildman–Crippen MR) is 128 cm³/mol. The first-order valence-electron chi connectivity index (χ1n) is 13.0. The van der Waals surface area contributed by atoms with Crippen LogP contribution in [-0.2, 0) is 22.4 Å². The number of rotatable bonds is 8. The van der Waals surface area contributed by atoms with E-state index in [0.717, 1.165) is 81.9 Å². The van der Waals surface area contributed by atoms with Crippen LogP contribution in [0.1, 0.15) is 82.3 Å². The summed E-state index contributed by atoms with van der Waals surface area (Å²) in [6.45, 7) is 2.15. The smallest absolute Gasteiger partial charge is 0.306 e. The molecule has 1 atom stereocenters. The molecule has 2 aromatic rings. The molecule has 2 aliphatic rings. The summed E-state index contributed by atoms with van der Waals surface area (Å²) in [5.74, 6) is -3.79. The van der Waals surface area contributed by atoms with E-state index in [9.17, 15) is 18.0 Å². The van der Waals surface area contributed by atoms with Crippen LogP contribution < -0.4 is 0 Å². The summed E-state index contributed by atoms with van der Waals surface area (Å²) in [6.07, 6.45) is 10.7. The standard InChI is InChI=1S/C29H34F4O2/c1-2-3-4-5-6-27(34)35-22-11-7-18(8-12-22)19-9-13-23-20(15-19)10-14-24(28(23)32)21-16-25(30)29(33)26(31)17-21/h10,14,16-19,22H,2-9,11-13,15H2,1H3. The zero-order valence-corrected chi connectivity index (χ0v) is 20.4. The van der Waals surface area contributed by atoms with Crippen LogP contribution in [0.4, 0.5) is 17.6 Å². The number of carbonyl (C=O) groups is 1. The van der Waals surface area contributed by atoms with Gasteiger partial charge >= 0.3 is 5.97 Å². The number of fused-ring (bicyclic) bond motifs is 1. The zero-order chi connectivity index (χ0) is 24.9. The maximum Gasteiger partial charge on any atom is 0.306 e. The van der Waals surface area contributed by atoms with Crippen molar-refractivity contribution in [1.29, 1.82) is 0 Å². The molecule has 0 spiro atoms. The molecule has 1 saturated carbocycles. The molecule has 0 aliphatic heterocycles. The van der Waals surface area contributed by atoms with Gasteiger partial charge in [0, 0.05) is 12.0 Å². The molecule has 35 heavy (non-hydrogen) atoms. The van der Waals surface area contributed by atoms with Crippen molar-refractivity contribution < 1.29 is 27.1 Å². The summed E-state index contributed by atoms with van der Waals surface area (Å²) in [7, 11) is 0. The van der Waals surface area contributed by atoms with Crippen LogP contribution in [0, 0.1) is 35.1 Å². The van der Waals surface area contributed by atoms with Gasteiger partial charge in [0.1, 0.15) is 11.9 Å². The molecule has 0 N–H and O–H groups in total. The van der Waals surface area contributed by atoms with E-state index in [1.54, 1.807) is 6.07 Å². The molecule has 0 saturated heterocycles. The van der Waals surface area contributed by atoms with E-state index in [1.807, 2.05) is 6.07 Å². The third kappa shape index (κ3) is 6.07. The monoisotopic (exact) mass is 490 g/mol.